The standard InChI is InChI=1S/C20H14ClF3N2O2/c21-15-8-7-13(20(22,23)24)11-17(15)26-19(27)12-6-9-18(16(25)10-12)28-14-4-2-1-3-5-14/h1-11H,25H2,(H,26,27). The molecule has 0 aromatic heterocycles. The molecule has 0 heterocycles. The maximum atomic E-state index is 12.9. The number of rotatable bonds is 4. The third-order valence-corrected chi connectivity index (χ3v) is 4.11. The fraction of sp³-hybridized carbons (Fsp3) is 0.0500. The molecule has 4 nitrogen and oxygen atoms in total. The maximum Gasteiger partial charge on any atom is 0.416 e. The topological polar surface area (TPSA) is 64.4 Å². The normalized spacial score (nSPS) is 11.1. The minimum absolute atomic E-state index is 0.0154. The van der Waals surface area contributed by atoms with Gasteiger partial charge in [-0.15, -0.1) is 0 Å². The molecule has 3 aromatic carbocycles. The number of anilines is 2. The molecule has 0 aliphatic heterocycles. The number of hydrogen-bond acceptors (Lipinski definition) is 3. The van der Waals surface area contributed by atoms with E-state index in [2.05, 4.69) is 5.32 Å². The van der Waals surface area contributed by atoms with Crippen LogP contribution < -0.4 is 15.8 Å². The SMILES string of the molecule is Nc1cc(C(=O)Nc2cc(C(F)(F)F)ccc2Cl)ccc1Oc1ccccc1. The lowest BCUT2D eigenvalue weighted by molar-refractivity contribution is -0.137. The van der Waals surface area contributed by atoms with Crippen molar-refractivity contribution >= 4 is 28.9 Å². The smallest absolute Gasteiger partial charge is 0.416 e. The molecule has 28 heavy (non-hydrogen) atoms. The zero-order valence-corrected chi connectivity index (χ0v) is 15.0. The number of nitrogen functional groups attached to an aromatic ring is 1. The van der Waals surface area contributed by atoms with Gasteiger partial charge in [0.25, 0.3) is 5.91 Å². The Balaban J connectivity index is 1.79. The van der Waals surface area contributed by atoms with E-state index < -0.39 is 17.6 Å². The summed E-state index contributed by atoms with van der Waals surface area (Å²) in [4.78, 5) is 12.4. The van der Waals surface area contributed by atoms with Crippen LogP contribution in [0.3, 0.4) is 0 Å². The Morgan fingerprint density at radius 2 is 1.71 bits per heavy atom. The molecule has 3 aromatic rings. The molecule has 0 radical (unpaired) electrons. The molecule has 0 spiro atoms. The average molecular weight is 407 g/mol. The number of nitrogens with two attached hydrogens (primary N) is 1. The summed E-state index contributed by atoms with van der Waals surface area (Å²) in [6.45, 7) is 0. The summed E-state index contributed by atoms with van der Waals surface area (Å²) in [5.74, 6) is 0.265. The van der Waals surface area contributed by atoms with Crippen LogP contribution in [0.1, 0.15) is 15.9 Å². The third kappa shape index (κ3) is 4.55. The molecule has 1 amide bonds. The third-order valence-electron chi connectivity index (χ3n) is 3.78. The van der Waals surface area contributed by atoms with Crippen LogP contribution in [0.2, 0.25) is 5.02 Å². The van der Waals surface area contributed by atoms with Gasteiger partial charge in [-0.05, 0) is 48.5 Å². The summed E-state index contributed by atoms with van der Waals surface area (Å²) in [7, 11) is 0. The van der Waals surface area contributed by atoms with Gasteiger partial charge in [-0.3, -0.25) is 4.79 Å². The van der Waals surface area contributed by atoms with Crippen LogP contribution in [-0.2, 0) is 6.18 Å². The second-order valence-electron chi connectivity index (χ2n) is 5.81. The van der Waals surface area contributed by atoms with E-state index in [0.717, 1.165) is 18.2 Å². The van der Waals surface area contributed by atoms with E-state index in [1.807, 2.05) is 6.07 Å². The average Bonchev–Trinajstić information content (AvgIpc) is 2.65. The monoisotopic (exact) mass is 406 g/mol. The molecule has 3 rings (SSSR count). The van der Waals surface area contributed by atoms with E-state index in [0.29, 0.717) is 11.5 Å². The number of ether oxygens (including phenoxy) is 1. The lowest BCUT2D eigenvalue weighted by Gasteiger charge is -2.13. The first kappa shape index (κ1) is 19.6. The molecule has 8 heteroatoms. The molecule has 3 N–H and O–H groups in total. The number of alkyl halides is 3. The van der Waals surface area contributed by atoms with Crippen molar-refractivity contribution in [1.29, 1.82) is 0 Å². The van der Waals surface area contributed by atoms with E-state index in [1.54, 1.807) is 24.3 Å². The Morgan fingerprint density at radius 1 is 1.00 bits per heavy atom. The maximum absolute atomic E-state index is 12.9. The van der Waals surface area contributed by atoms with Crippen molar-refractivity contribution in [3.8, 4) is 11.5 Å². The number of amides is 1. The van der Waals surface area contributed by atoms with Gasteiger partial charge in [-0.25, -0.2) is 0 Å². The Labute approximate surface area is 163 Å². The fourth-order valence-electron chi connectivity index (χ4n) is 2.39. The van der Waals surface area contributed by atoms with Crippen LogP contribution in [0, 0.1) is 0 Å². The number of halogens is 4. The lowest BCUT2D eigenvalue weighted by Crippen LogP contribution is -2.14. The molecule has 0 saturated heterocycles. The lowest BCUT2D eigenvalue weighted by atomic mass is 10.1. The van der Waals surface area contributed by atoms with Crippen molar-refractivity contribution in [2.24, 2.45) is 0 Å². The van der Waals surface area contributed by atoms with E-state index >= 15 is 0 Å². The molecule has 0 unspecified atom stereocenters. The Morgan fingerprint density at radius 3 is 2.36 bits per heavy atom. The highest BCUT2D eigenvalue weighted by Crippen LogP contribution is 2.34. The van der Waals surface area contributed by atoms with Crippen LogP contribution in [0.25, 0.3) is 0 Å². The highest BCUT2D eigenvalue weighted by atomic mass is 35.5. The van der Waals surface area contributed by atoms with Gasteiger partial charge in [-0.1, -0.05) is 29.8 Å². The summed E-state index contributed by atoms with van der Waals surface area (Å²) in [6.07, 6.45) is -4.55. The molecule has 144 valence electrons. The van der Waals surface area contributed by atoms with Gasteiger partial charge in [-0.2, -0.15) is 13.2 Å². The predicted octanol–water partition coefficient (Wildman–Crippen LogP) is 5.99. The Bertz CT molecular complexity index is 1010. The second-order valence-corrected chi connectivity index (χ2v) is 6.22. The number of nitrogens with one attached hydrogen (secondary N) is 1. The summed E-state index contributed by atoms with van der Waals surface area (Å²) in [6, 6.07) is 15.9. The largest absolute Gasteiger partial charge is 0.455 e. The van der Waals surface area contributed by atoms with E-state index in [9.17, 15) is 18.0 Å². The van der Waals surface area contributed by atoms with Crippen molar-refractivity contribution in [1.82, 2.24) is 0 Å². The van der Waals surface area contributed by atoms with Gasteiger partial charge in [0.2, 0.25) is 0 Å². The molecule has 0 aliphatic rings. The van der Waals surface area contributed by atoms with Gasteiger partial charge < -0.3 is 15.8 Å². The second kappa shape index (κ2) is 7.82. The van der Waals surface area contributed by atoms with Gasteiger partial charge in [0, 0.05) is 5.56 Å². The quantitative estimate of drug-likeness (QED) is 0.523. The van der Waals surface area contributed by atoms with E-state index in [1.165, 1.54) is 18.2 Å². The summed E-state index contributed by atoms with van der Waals surface area (Å²) in [5.41, 5.74) is 5.21. The molecule has 0 atom stereocenters. The summed E-state index contributed by atoms with van der Waals surface area (Å²) in [5, 5.41) is 2.35. The van der Waals surface area contributed by atoms with Gasteiger partial charge in [0.15, 0.2) is 0 Å². The predicted molar refractivity (Wildman–Crippen MR) is 102 cm³/mol. The van der Waals surface area contributed by atoms with Gasteiger partial charge in [0.1, 0.15) is 11.5 Å². The number of benzene rings is 3. The zero-order valence-electron chi connectivity index (χ0n) is 14.3. The first-order chi connectivity index (χ1) is 13.2. The highest BCUT2D eigenvalue weighted by molar-refractivity contribution is 6.34. The summed E-state index contributed by atoms with van der Waals surface area (Å²) < 4.78 is 44.2. The number of carbonyl (C=O) groups is 1. The van der Waals surface area contributed by atoms with Crippen molar-refractivity contribution < 1.29 is 22.7 Å². The van der Waals surface area contributed by atoms with Crippen LogP contribution in [-0.4, -0.2) is 5.91 Å². The first-order valence-corrected chi connectivity index (χ1v) is 8.42. The minimum atomic E-state index is -4.55. The van der Waals surface area contributed by atoms with Crippen molar-refractivity contribution in [2.45, 2.75) is 6.18 Å². The Hall–Kier alpha value is -3.19. The molecular weight excluding hydrogens is 393 g/mol. The van der Waals surface area contributed by atoms with Crippen LogP contribution >= 0.6 is 11.6 Å². The molecule has 0 fully saturated rings. The Kier molecular flexibility index (Phi) is 5.46. The van der Waals surface area contributed by atoms with Gasteiger partial charge >= 0.3 is 6.18 Å². The zero-order chi connectivity index (χ0) is 20.3. The van der Waals surface area contributed by atoms with Crippen molar-refractivity contribution in [3.63, 3.8) is 0 Å². The molecule has 0 bridgehead atoms. The minimum Gasteiger partial charge on any atom is -0.455 e. The van der Waals surface area contributed by atoms with Crippen molar-refractivity contribution in [2.75, 3.05) is 11.1 Å². The highest BCUT2D eigenvalue weighted by Gasteiger charge is 2.31. The molecular formula is C20H14ClF3N2O2. The fourth-order valence-corrected chi connectivity index (χ4v) is 2.55. The van der Waals surface area contributed by atoms with Crippen LogP contribution in [0.4, 0.5) is 24.5 Å². The van der Waals surface area contributed by atoms with E-state index in [-0.39, 0.29) is 22.0 Å². The summed E-state index contributed by atoms with van der Waals surface area (Å²) >= 11 is 5.90. The van der Waals surface area contributed by atoms with E-state index in [4.69, 9.17) is 22.1 Å². The first-order valence-electron chi connectivity index (χ1n) is 8.04. The number of para-hydroxylation sites is 1. The molecule has 0 saturated carbocycles. The number of carbonyl (C=O) groups excluding carboxylic acids is 1. The van der Waals surface area contributed by atoms with Crippen molar-refractivity contribution in [3.05, 3.63) is 82.9 Å². The van der Waals surface area contributed by atoms with Crippen LogP contribution in [0.5, 0.6) is 11.5 Å². The van der Waals surface area contributed by atoms with Crippen LogP contribution in [0.15, 0.2) is 66.7 Å². The van der Waals surface area contributed by atoms with Gasteiger partial charge in [0.05, 0.1) is 22.0 Å². The molecule has 0 aliphatic carbocycles. The number of hydrogen-bond donors (Lipinski definition) is 2.